The second kappa shape index (κ2) is 8.83. The highest BCUT2D eigenvalue weighted by Crippen LogP contribution is 2.47. The molecule has 0 saturated carbocycles. The van der Waals surface area contributed by atoms with Gasteiger partial charge in [-0.15, -0.1) is 0 Å². The zero-order valence-electron chi connectivity index (χ0n) is 17.7. The van der Waals surface area contributed by atoms with Crippen LogP contribution in [0.2, 0.25) is 0 Å². The number of benzene rings is 2. The predicted molar refractivity (Wildman–Crippen MR) is 115 cm³/mol. The molecule has 1 heterocycles. The van der Waals surface area contributed by atoms with E-state index in [1.807, 2.05) is 80.6 Å². The Morgan fingerprint density at radius 1 is 1.00 bits per heavy atom. The summed E-state index contributed by atoms with van der Waals surface area (Å²) in [6, 6.07) is 19.7. The van der Waals surface area contributed by atoms with Gasteiger partial charge in [-0.3, -0.25) is 4.90 Å². The Labute approximate surface area is 173 Å². The second-order valence-corrected chi connectivity index (χ2v) is 8.36. The van der Waals surface area contributed by atoms with E-state index in [1.54, 1.807) is 11.1 Å². The molecular formula is C25H31NO3. The average Bonchev–Trinajstić information content (AvgIpc) is 3.02. The molecule has 0 aromatic heterocycles. The highest BCUT2D eigenvalue weighted by Gasteiger charge is 2.56. The summed E-state index contributed by atoms with van der Waals surface area (Å²) in [5.41, 5.74) is 1.02. The van der Waals surface area contributed by atoms with Crippen molar-refractivity contribution in [2.24, 2.45) is 11.8 Å². The van der Waals surface area contributed by atoms with Gasteiger partial charge in [-0.2, -0.15) is 0 Å². The van der Waals surface area contributed by atoms with Crippen LogP contribution in [0.5, 0.6) is 0 Å². The molecule has 1 N–H and O–H groups in total. The van der Waals surface area contributed by atoms with Crippen LogP contribution in [-0.4, -0.2) is 28.2 Å². The Morgan fingerprint density at radius 3 is 1.97 bits per heavy atom. The molecule has 0 radical (unpaired) electrons. The molecule has 4 heteroatoms. The van der Waals surface area contributed by atoms with Gasteiger partial charge in [0.25, 0.3) is 0 Å². The lowest BCUT2D eigenvalue weighted by Gasteiger charge is -2.37. The number of hydrogen-bond acceptors (Lipinski definition) is 3. The van der Waals surface area contributed by atoms with Crippen LogP contribution in [0.4, 0.5) is 4.79 Å². The fourth-order valence-corrected chi connectivity index (χ4v) is 4.09. The zero-order chi connectivity index (χ0) is 21.0. The quantitative estimate of drug-likeness (QED) is 0.692. The predicted octanol–water partition coefficient (Wildman–Crippen LogP) is 5.33. The summed E-state index contributed by atoms with van der Waals surface area (Å²) >= 11 is 0. The molecule has 2 aromatic rings. The van der Waals surface area contributed by atoms with Crippen molar-refractivity contribution in [2.45, 2.75) is 51.9 Å². The summed E-state index contributed by atoms with van der Waals surface area (Å²) in [6.45, 7) is 8.18. The van der Waals surface area contributed by atoms with E-state index in [0.29, 0.717) is 6.42 Å². The first kappa shape index (κ1) is 21.1. The van der Waals surface area contributed by atoms with Crippen LogP contribution in [-0.2, 0) is 10.3 Å². The summed E-state index contributed by atoms with van der Waals surface area (Å²) in [4.78, 5) is 14.7. The van der Waals surface area contributed by atoms with E-state index in [0.717, 1.165) is 11.1 Å². The minimum Gasteiger partial charge on any atom is -0.430 e. The summed E-state index contributed by atoms with van der Waals surface area (Å²) in [5, 5.41) is 10.1. The molecule has 0 aliphatic carbocycles. The van der Waals surface area contributed by atoms with E-state index in [-0.39, 0.29) is 24.0 Å². The van der Waals surface area contributed by atoms with Crippen LogP contribution in [0.25, 0.3) is 0 Å². The van der Waals surface area contributed by atoms with Gasteiger partial charge in [-0.05, 0) is 18.3 Å². The van der Waals surface area contributed by atoms with Gasteiger partial charge in [0.2, 0.25) is 0 Å². The number of aliphatic hydroxyl groups is 1. The molecule has 0 bridgehead atoms. The SMILES string of the molecule is CC(C)[C@@H]1N(/C=C\C[C@H](O)C(C)C)C(=O)OC1(c1ccccc1)c1ccccc1. The normalized spacial score (nSPS) is 19.9. The lowest BCUT2D eigenvalue weighted by molar-refractivity contribution is 0.0562. The lowest BCUT2D eigenvalue weighted by atomic mass is 9.76. The number of amides is 1. The van der Waals surface area contributed by atoms with Crippen LogP contribution in [0.15, 0.2) is 72.9 Å². The van der Waals surface area contributed by atoms with Gasteiger partial charge in [-0.25, -0.2) is 4.79 Å². The molecule has 2 atom stereocenters. The topological polar surface area (TPSA) is 49.8 Å². The maximum absolute atomic E-state index is 13.1. The lowest BCUT2D eigenvalue weighted by Crippen LogP contribution is -2.46. The Bertz CT molecular complexity index is 790. The zero-order valence-corrected chi connectivity index (χ0v) is 17.7. The van der Waals surface area contributed by atoms with E-state index in [9.17, 15) is 9.90 Å². The fraction of sp³-hybridized carbons (Fsp3) is 0.400. The number of hydrogen-bond donors (Lipinski definition) is 1. The van der Waals surface area contributed by atoms with Crippen molar-refractivity contribution >= 4 is 6.09 Å². The fourth-order valence-electron chi connectivity index (χ4n) is 4.09. The number of aliphatic hydroxyl groups excluding tert-OH is 1. The monoisotopic (exact) mass is 393 g/mol. The number of rotatable bonds is 7. The van der Waals surface area contributed by atoms with Crippen LogP contribution in [0.1, 0.15) is 45.2 Å². The first-order valence-electron chi connectivity index (χ1n) is 10.3. The molecular weight excluding hydrogens is 362 g/mol. The van der Waals surface area contributed by atoms with E-state index >= 15 is 0 Å². The van der Waals surface area contributed by atoms with E-state index in [4.69, 9.17) is 4.74 Å². The highest BCUT2D eigenvalue weighted by atomic mass is 16.6. The maximum atomic E-state index is 13.1. The minimum absolute atomic E-state index is 0.140. The summed E-state index contributed by atoms with van der Waals surface area (Å²) in [6.07, 6.45) is 3.34. The number of carbonyl (C=O) groups excluding carboxylic acids is 1. The minimum atomic E-state index is -0.894. The smallest absolute Gasteiger partial charge is 0.415 e. The van der Waals surface area contributed by atoms with Crippen molar-refractivity contribution in [3.8, 4) is 0 Å². The molecule has 0 unspecified atom stereocenters. The molecule has 1 saturated heterocycles. The van der Waals surface area contributed by atoms with E-state index in [1.165, 1.54) is 0 Å². The maximum Gasteiger partial charge on any atom is 0.415 e. The van der Waals surface area contributed by atoms with Gasteiger partial charge in [0.15, 0.2) is 5.60 Å². The highest BCUT2D eigenvalue weighted by molar-refractivity contribution is 5.75. The third-order valence-corrected chi connectivity index (χ3v) is 5.63. The van der Waals surface area contributed by atoms with Crippen molar-refractivity contribution in [2.75, 3.05) is 0 Å². The van der Waals surface area contributed by atoms with Gasteiger partial charge < -0.3 is 9.84 Å². The first-order valence-corrected chi connectivity index (χ1v) is 10.3. The van der Waals surface area contributed by atoms with Gasteiger partial charge in [0.1, 0.15) is 0 Å². The second-order valence-electron chi connectivity index (χ2n) is 8.36. The average molecular weight is 394 g/mol. The van der Waals surface area contributed by atoms with Crippen molar-refractivity contribution < 1.29 is 14.6 Å². The van der Waals surface area contributed by atoms with Gasteiger partial charge in [-0.1, -0.05) is 94.4 Å². The van der Waals surface area contributed by atoms with Gasteiger partial charge in [0.05, 0.1) is 12.1 Å². The van der Waals surface area contributed by atoms with Crippen LogP contribution < -0.4 is 0 Å². The summed E-state index contributed by atoms with van der Waals surface area (Å²) < 4.78 is 6.19. The van der Waals surface area contributed by atoms with Crippen LogP contribution in [0.3, 0.4) is 0 Å². The van der Waals surface area contributed by atoms with Crippen LogP contribution >= 0.6 is 0 Å². The van der Waals surface area contributed by atoms with Gasteiger partial charge >= 0.3 is 6.09 Å². The Balaban J connectivity index is 2.07. The van der Waals surface area contributed by atoms with Crippen LogP contribution in [0, 0.1) is 11.8 Å². The Kier molecular flexibility index (Phi) is 6.43. The molecule has 1 fully saturated rings. The molecule has 1 amide bonds. The molecule has 0 spiro atoms. The molecule has 3 rings (SSSR count). The first-order chi connectivity index (χ1) is 13.9. The summed E-state index contributed by atoms with van der Waals surface area (Å²) in [5.74, 6) is 0.306. The molecule has 4 nitrogen and oxygen atoms in total. The number of ether oxygens (including phenoxy) is 1. The Morgan fingerprint density at radius 2 is 1.52 bits per heavy atom. The van der Waals surface area contributed by atoms with Gasteiger partial charge in [0, 0.05) is 17.3 Å². The summed E-state index contributed by atoms with van der Waals surface area (Å²) in [7, 11) is 0. The standard InChI is InChI=1S/C25H31NO3/c1-18(2)22(27)16-11-17-26-23(19(3)4)25(29-24(26)28,20-12-7-5-8-13-20)21-14-9-6-10-15-21/h5-15,17-19,22-23,27H,16H2,1-4H3/b17-11-/t22-,23-/m0/s1. The van der Waals surface area contributed by atoms with E-state index < -0.39 is 11.7 Å². The van der Waals surface area contributed by atoms with Crippen molar-refractivity contribution in [1.82, 2.24) is 4.90 Å². The molecule has 154 valence electrons. The molecule has 2 aromatic carbocycles. The van der Waals surface area contributed by atoms with Crippen molar-refractivity contribution in [3.63, 3.8) is 0 Å². The number of cyclic esters (lactones) is 1. The van der Waals surface area contributed by atoms with E-state index in [2.05, 4.69) is 13.8 Å². The largest absolute Gasteiger partial charge is 0.430 e. The Hall–Kier alpha value is -2.59. The molecule has 1 aliphatic heterocycles. The number of nitrogens with zero attached hydrogens (tertiary/aromatic N) is 1. The molecule has 1 aliphatic rings. The van der Waals surface area contributed by atoms with Crippen molar-refractivity contribution in [1.29, 1.82) is 0 Å². The van der Waals surface area contributed by atoms with Crippen molar-refractivity contribution in [3.05, 3.63) is 84.1 Å². The molecule has 29 heavy (non-hydrogen) atoms. The third-order valence-electron chi connectivity index (χ3n) is 5.63. The third kappa shape index (κ3) is 4.08. The number of carbonyl (C=O) groups is 1.